The third kappa shape index (κ3) is 4.90. The zero-order valence-electron chi connectivity index (χ0n) is 14.7. The molecule has 2 aromatic rings. The SMILES string of the molecule is COCCN(Cc1ccc(C)cc1)Cc1ccc(C2CCCO2)s1. The Kier molecular flexibility index (Phi) is 6.44. The third-order valence-corrected chi connectivity index (χ3v) is 5.61. The fourth-order valence-electron chi connectivity index (χ4n) is 3.06. The lowest BCUT2D eigenvalue weighted by molar-refractivity contribution is 0.114. The molecule has 0 aliphatic carbocycles. The molecule has 2 heterocycles. The van der Waals surface area contributed by atoms with Crippen LogP contribution < -0.4 is 0 Å². The Morgan fingerprint density at radius 3 is 2.71 bits per heavy atom. The van der Waals surface area contributed by atoms with Crippen LogP contribution in [0.4, 0.5) is 0 Å². The Bertz CT molecular complexity index is 617. The van der Waals surface area contributed by atoms with Crippen LogP contribution >= 0.6 is 11.3 Å². The number of hydrogen-bond acceptors (Lipinski definition) is 4. The number of benzene rings is 1. The molecule has 1 aromatic heterocycles. The molecule has 4 heteroatoms. The average molecular weight is 346 g/mol. The number of nitrogens with zero attached hydrogens (tertiary/aromatic N) is 1. The van der Waals surface area contributed by atoms with Crippen molar-refractivity contribution in [2.75, 3.05) is 26.9 Å². The topological polar surface area (TPSA) is 21.7 Å². The van der Waals surface area contributed by atoms with Gasteiger partial charge in [0.25, 0.3) is 0 Å². The van der Waals surface area contributed by atoms with Crippen molar-refractivity contribution >= 4 is 11.3 Å². The van der Waals surface area contributed by atoms with Crippen LogP contribution in [-0.2, 0) is 22.6 Å². The van der Waals surface area contributed by atoms with Gasteiger partial charge in [-0.2, -0.15) is 0 Å². The van der Waals surface area contributed by atoms with Crippen molar-refractivity contribution in [3.8, 4) is 0 Å². The molecule has 1 fully saturated rings. The molecular weight excluding hydrogens is 318 g/mol. The molecule has 0 spiro atoms. The lowest BCUT2D eigenvalue weighted by atomic mass is 10.1. The van der Waals surface area contributed by atoms with E-state index in [2.05, 4.69) is 48.2 Å². The number of hydrogen-bond donors (Lipinski definition) is 0. The monoisotopic (exact) mass is 345 g/mol. The van der Waals surface area contributed by atoms with Crippen LogP contribution in [0.5, 0.6) is 0 Å². The highest BCUT2D eigenvalue weighted by Crippen LogP contribution is 2.33. The Balaban J connectivity index is 1.63. The molecule has 1 aliphatic rings. The molecule has 0 N–H and O–H groups in total. The van der Waals surface area contributed by atoms with Gasteiger partial charge in [0.1, 0.15) is 0 Å². The first-order valence-electron chi connectivity index (χ1n) is 8.71. The minimum absolute atomic E-state index is 0.327. The van der Waals surface area contributed by atoms with Gasteiger partial charge in [-0.25, -0.2) is 0 Å². The van der Waals surface area contributed by atoms with Crippen LogP contribution in [0.15, 0.2) is 36.4 Å². The molecule has 0 bridgehead atoms. The Morgan fingerprint density at radius 1 is 1.17 bits per heavy atom. The summed E-state index contributed by atoms with van der Waals surface area (Å²) in [6.07, 6.45) is 2.68. The summed E-state index contributed by atoms with van der Waals surface area (Å²) in [5, 5.41) is 0. The van der Waals surface area contributed by atoms with E-state index in [1.54, 1.807) is 7.11 Å². The van der Waals surface area contributed by atoms with E-state index in [0.29, 0.717) is 6.10 Å². The van der Waals surface area contributed by atoms with Gasteiger partial charge in [-0.3, -0.25) is 4.90 Å². The molecule has 3 nitrogen and oxygen atoms in total. The maximum Gasteiger partial charge on any atom is 0.0917 e. The normalized spacial score (nSPS) is 17.7. The van der Waals surface area contributed by atoms with Gasteiger partial charge in [-0.1, -0.05) is 29.8 Å². The van der Waals surface area contributed by atoms with Crippen molar-refractivity contribution < 1.29 is 9.47 Å². The molecule has 1 unspecified atom stereocenters. The molecule has 1 atom stereocenters. The third-order valence-electron chi connectivity index (χ3n) is 4.45. The van der Waals surface area contributed by atoms with Gasteiger partial charge in [0.15, 0.2) is 0 Å². The average Bonchev–Trinajstić information content (AvgIpc) is 3.26. The zero-order chi connectivity index (χ0) is 16.8. The zero-order valence-corrected chi connectivity index (χ0v) is 15.5. The highest BCUT2D eigenvalue weighted by molar-refractivity contribution is 7.12. The number of ether oxygens (including phenoxy) is 2. The molecule has 3 rings (SSSR count). The lowest BCUT2D eigenvalue weighted by Gasteiger charge is -2.21. The molecular formula is C20H27NO2S. The van der Waals surface area contributed by atoms with Crippen molar-refractivity contribution in [3.63, 3.8) is 0 Å². The molecule has 0 amide bonds. The van der Waals surface area contributed by atoms with Crippen LogP contribution in [0.2, 0.25) is 0 Å². The second-order valence-corrected chi connectivity index (χ2v) is 7.69. The van der Waals surface area contributed by atoms with Crippen LogP contribution in [0.1, 0.15) is 39.8 Å². The van der Waals surface area contributed by atoms with E-state index in [0.717, 1.165) is 39.3 Å². The maximum atomic E-state index is 5.81. The first-order chi connectivity index (χ1) is 11.7. The van der Waals surface area contributed by atoms with E-state index in [9.17, 15) is 0 Å². The highest BCUT2D eigenvalue weighted by Gasteiger charge is 2.20. The first kappa shape index (κ1) is 17.6. The van der Waals surface area contributed by atoms with Crippen molar-refractivity contribution in [1.82, 2.24) is 4.90 Å². The second kappa shape index (κ2) is 8.77. The summed E-state index contributed by atoms with van der Waals surface area (Å²) in [6, 6.07) is 13.3. The molecule has 0 radical (unpaired) electrons. The predicted octanol–water partition coefficient (Wildman–Crippen LogP) is 4.56. The summed E-state index contributed by atoms with van der Waals surface area (Å²) in [7, 11) is 1.77. The van der Waals surface area contributed by atoms with Crippen molar-refractivity contribution in [2.24, 2.45) is 0 Å². The fourth-order valence-corrected chi connectivity index (χ4v) is 4.20. The summed E-state index contributed by atoms with van der Waals surface area (Å²) in [4.78, 5) is 5.24. The standard InChI is InChI=1S/C20H27NO2S/c1-16-5-7-17(8-6-16)14-21(11-13-22-2)15-18-9-10-20(24-18)19-4-3-12-23-19/h5-10,19H,3-4,11-15H2,1-2H3. The van der Waals surface area contributed by atoms with E-state index in [4.69, 9.17) is 9.47 Å². The van der Waals surface area contributed by atoms with Gasteiger partial charge in [-0.15, -0.1) is 11.3 Å². The van der Waals surface area contributed by atoms with Crippen molar-refractivity contribution in [2.45, 2.75) is 39.0 Å². The first-order valence-corrected chi connectivity index (χ1v) is 9.53. The maximum absolute atomic E-state index is 5.81. The van der Waals surface area contributed by atoms with Crippen LogP contribution in [0.25, 0.3) is 0 Å². The van der Waals surface area contributed by atoms with Crippen LogP contribution in [0, 0.1) is 6.92 Å². The molecule has 1 aromatic carbocycles. The smallest absolute Gasteiger partial charge is 0.0917 e. The van der Waals surface area contributed by atoms with E-state index in [1.807, 2.05) is 11.3 Å². The molecule has 24 heavy (non-hydrogen) atoms. The Morgan fingerprint density at radius 2 is 2.00 bits per heavy atom. The van der Waals surface area contributed by atoms with Crippen molar-refractivity contribution in [3.05, 3.63) is 57.3 Å². The van der Waals surface area contributed by atoms with Gasteiger partial charge >= 0.3 is 0 Å². The molecule has 1 aliphatic heterocycles. The summed E-state index contributed by atoms with van der Waals surface area (Å²) in [6.45, 7) is 6.66. The molecule has 130 valence electrons. The van der Waals surface area contributed by atoms with Gasteiger partial charge in [0.2, 0.25) is 0 Å². The number of aryl methyl sites for hydroxylation is 1. The predicted molar refractivity (Wildman–Crippen MR) is 99.4 cm³/mol. The molecule has 1 saturated heterocycles. The van der Waals surface area contributed by atoms with E-state index < -0.39 is 0 Å². The summed E-state index contributed by atoms with van der Waals surface area (Å²) in [5.74, 6) is 0. The number of methoxy groups -OCH3 is 1. The summed E-state index contributed by atoms with van der Waals surface area (Å²) in [5.41, 5.74) is 2.66. The van der Waals surface area contributed by atoms with Gasteiger partial charge in [0.05, 0.1) is 12.7 Å². The summed E-state index contributed by atoms with van der Waals surface area (Å²) < 4.78 is 11.1. The van der Waals surface area contributed by atoms with E-state index in [1.165, 1.54) is 27.3 Å². The van der Waals surface area contributed by atoms with Crippen LogP contribution in [-0.4, -0.2) is 31.8 Å². The Labute approximate surface area is 149 Å². The second-order valence-electron chi connectivity index (χ2n) is 6.49. The minimum atomic E-state index is 0.327. The van der Waals surface area contributed by atoms with Gasteiger partial charge < -0.3 is 9.47 Å². The molecule has 0 saturated carbocycles. The fraction of sp³-hybridized carbons (Fsp3) is 0.500. The van der Waals surface area contributed by atoms with E-state index in [-0.39, 0.29) is 0 Å². The largest absolute Gasteiger partial charge is 0.383 e. The van der Waals surface area contributed by atoms with Crippen molar-refractivity contribution in [1.29, 1.82) is 0 Å². The lowest BCUT2D eigenvalue weighted by Crippen LogP contribution is -2.26. The minimum Gasteiger partial charge on any atom is -0.383 e. The van der Waals surface area contributed by atoms with E-state index >= 15 is 0 Å². The Hall–Kier alpha value is -1.20. The summed E-state index contributed by atoms with van der Waals surface area (Å²) >= 11 is 1.90. The van der Waals surface area contributed by atoms with Gasteiger partial charge in [0, 0.05) is 43.1 Å². The number of thiophene rings is 1. The quantitative estimate of drug-likeness (QED) is 0.700. The highest BCUT2D eigenvalue weighted by atomic mass is 32.1. The van der Waals surface area contributed by atoms with Gasteiger partial charge in [-0.05, 0) is 37.5 Å². The number of rotatable bonds is 8. The van der Waals surface area contributed by atoms with Crippen LogP contribution in [0.3, 0.4) is 0 Å².